The SMILES string of the molecule is CCCCCCCCCCCCCCCCCCCCCCCCCCCCC(O)C(COP(=O)(O)OCC[N+](C)(C)C)NC(=O)CCCCCCCCCCCCCCCCCCCCCC. The van der Waals surface area contributed by atoms with Crippen LogP contribution in [0.4, 0.5) is 0 Å². The number of hydrogen-bond donors (Lipinski definition) is 3. The van der Waals surface area contributed by atoms with E-state index in [2.05, 4.69) is 19.2 Å². The van der Waals surface area contributed by atoms with E-state index in [1.807, 2.05) is 21.1 Å². The van der Waals surface area contributed by atoms with Gasteiger partial charge in [-0.15, -0.1) is 0 Å². The normalized spacial score (nSPS) is 13.8. The Labute approximate surface area is 425 Å². The molecule has 0 aliphatic rings. The minimum Gasteiger partial charge on any atom is -0.391 e. The molecule has 0 aromatic heterocycles. The largest absolute Gasteiger partial charge is 0.472 e. The Morgan fingerprint density at radius 2 is 0.706 bits per heavy atom. The zero-order valence-corrected chi connectivity index (χ0v) is 47.5. The highest BCUT2D eigenvalue weighted by atomic mass is 31.2. The van der Waals surface area contributed by atoms with Crippen LogP contribution in [-0.2, 0) is 18.4 Å². The number of likely N-dealkylation sites (N-methyl/N-ethyl adjacent to an activating group) is 1. The van der Waals surface area contributed by atoms with Crippen molar-refractivity contribution in [2.75, 3.05) is 40.9 Å². The van der Waals surface area contributed by atoms with E-state index in [0.717, 1.165) is 38.5 Å². The predicted octanol–water partition coefficient (Wildman–Crippen LogP) is 18.4. The summed E-state index contributed by atoms with van der Waals surface area (Å²) in [5.41, 5.74) is 0. The topological polar surface area (TPSA) is 105 Å². The minimum atomic E-state index is -4.32. The third-order valence-electron chi connectivity index (χ3n) is 14.4. The fraction of sp³-hybridized carbons (Fsp3) is 0.983. The van der Waals surface area contributed by atoms with E-state index in [-0.39, 0.29) is 19.1 Å². The third-order valence-corrected chi connectivity index (χ3v) is 15.3. The number of rotatable bonds is 57. The molecule has 0 radical (unpaired) electrons. The standard InChI is InChI=1S/C59H121N2O6P/c1-6-8-10-12-14-16-18-20-22-24-26-28-29-30-31-32-33-34-36-38-40-42-44-46-48-50-52-58(62)57(56-67-68(64,65)66-55-54-61(3,4)5)60-59(63)53-51-49-47-45-43-41-39-37-35-27-25-23-21-19-17-15-13-11-9-7-2/h57-58,62H,6-56H2,1-5H3,(H-,60,63,64,65)/p+1. The third kappa shape index (κ3) is 53.3. The van der Waals surface area contributed by atoms with Gasteiger partial charge in [-0.05, 0) is 12.8 Å². The van der Waals surface area contributed by atoms with Crippen LogP contribution in [0.15, 0.2) is 0 Å². The molecule has 0 aliphatic carbocycles. The smallest absolute Gasteiger partial charge is 0.391 e. The first-order chi connectivity index (χ1) is 33.0. The number of phosphoric acid groups is 1. The van der Waals surface area contributed by atoms with Crippen LogP contribution in [0.5, 0.6) is 0 Å². The van der Waals surface area contributed by atoms with Gasteiger partial charge in [-0.3, -0.25) is 13.8 Å². The van der Waals surface area contributed by atoms with Gasteiger partial charge in [0.05, 0.1) is 39.9 Å². The van der Waals surface area contributed by atoms with Gasteiger partial charge in [-0.2, -0.15) is 0 Å². The molecule has 68 heavy (non-hydrogen) atoms. The van der Waals surface area contributed by atoms with E-state index in [1.165, 1.54) is 257 Å². The summed E-state index contributed by atoms with van der Waals surface area (Å²) in [6.45, 7) is 4.95. The van der Waals surface area contributed by atoms with Gasteiger partial charge in [0.2, 0.25) is 5.91 Å². The van der Waals surface area contributed by atoms with E-state index in [1.54, 1.807) is 0 Å². The molecule has 0 saturated heterocycles. The Balaban J connectivity index is 4.08. The molecule has 408 valence electrons. The molecule has 0 aromatic rings. The number of unbranched alkanes of at least 4 members (excludes halogenated alkanes) is 44. The van der Waals surface area contributed by atoms with Gasteiger partial charge in [0.1, 0.15) is 13.2 Å². The molecular formula is C59H122N2O6P+. The Hall–Kier alpha value is -0.500. The molecular weight excluding hydrogens is 864 g/mol. The number of amides is 1. The van der Waals surface area contributed by atoms with E-state index >= 15 is 0 Å². The number of nitrogens with zero attached hydrogens (tertiary/aromatic N) is 1. The van der Waals surface area contributed by atoms with Crippen LogP contribution in [0.1, 0.15) is 322 Å². The number of carbonyl (C=O) groups excluding carboxylic acids is 1. The summed E-state index contributed by atoms with van der Waals surface area (Å²) < 4.78 is 23.8. The van der Waals surface area contributed by atoms with Crippen molar-refractivity contribution in [2.45, 2.75) is 334 Å². The number of carbonyl (C=O) groups is 1. The van der Waals surface area contributed by atoms with E-state index in [0.29, 0.717) is 23.9 Å². The first-order valence-electron chi connectivity index (χ1n) is 30.4. The zero-order chi connectivity index (χ0) is 49.9. The Morgan fingerprint density at radius 1 is 0.441 bits per heavy atom. The second-order valence-corrected chi connectivity index (χ2v) is 23.9. The molecule has 3 N–H and O–H groups in total. The average molecular weight is 987 g/mol. The molecule has 8 nitrogen and oxygen atoms in total. The maximum Gasteiger partial charge on any atom is 0.472 e. The number of quaternary nitrogens is 1. The summed E-state index contributed by atoms with van der Waals surface area (Å²) >= 11 is 0. The van der Waals surface area contributed by atoms with Crippen molar-refractivity contribution in [1.82, 2.24) is 5.32 Å². The van der Waals surface area contributed by atoms with Crippen LogP contribution in [0.25, 0.3) is 0 Å². The van der Waals surface area contributed by atoms with Gasteiger partial charge >= 0.3 is 7.82 Å². The highest BCUT2D eigenvalue weighted by molar-refractivity contribution is 7.47. The van der Waals surface area contributed by atoms with Gasteiger partial charge in [-0.25, -0.2) is 4.57 Å². The van der Waals surface area contributed by atoms with Gasteiger partial charge < -0.3 is 19.8 Å². The summed E-state index contributed by atoms with van der Waals surface area (Å²) in [7, 11) is 1.64. The van der Waals surface area contributed by atoms with Crippen LogP contribution in [0.3, 0.4) is 0 Å². The maximum absolute atomic E-state index is 13.0. The fourth-order valence-electron chi connectivity index (χ4n) is 9.58. The lowest BCUT2D eigenvalue weighted by atomic mass is 10.0. The summed E-state index contributed by atoms with van der Waals surface area (Å²) in [6.07, 6.45) is 61.7. The fourth-order valence-corrected chi connectivity index (χ4v) is 10.3. The number of phosphoric ester groups is 1. The molecule has 0 heterocycles. The molecule has 9 heteroatoms. The van der Waals surface area contributed by atoms with Crippen molar-refractivity contribution in [1.29, 1.82) is 0 Å². The Kier molecular flexibility index (Phi) is 51.0. The Bertz CT molecular complexity index is 1070. The molecule has 3 atom stereocenters. The molecule has 0 aromatic carbocycles. The number of aliphatic hydroxyl groups is 1. The summed E-state index contributed by atoms with van der Waals surface area (Å²) in [6, 6.07) is -0.755. The quantitative estimate of drug-likeness (QED) is 0.0319. The highest BCUT2D eigenvalue weighted by Gasteiger charge is 2.28. The van der Waals surface area contributed by atoms with Crippen molar-refractivity contribution in [3.63, 3.8) is 0 Å². The van der Waals surface area contributed by atoms with Crippen LogP contribution in [-0.4, -0.2) is 73.4 Å². The molecule has 1 amide bonds. The Morgan fingerprint density at radius 3 is 0.985 bits per heavy atom. The van der Waals surface area contributed by atoms with Crippen molar-refractivity contribution in [3.8, 4) is 0 Å². The van der Waals surface area contributed by atoms with Gasteiger partial charge in [0.15, 0.2) is 0 Å². The first-order valence-corrected chi connectivity index (χ1v) is 31.9. The zero-order valence-electron chi connectivity index (χ0n) is 46.6. The van der Waals surface area contributed by atoms with Gasteiger partial charge in [0.25, 0.3) is 0 Å². The average Bonchev–Trinajstić information content (AvgIpc) is 3.30. The molecule has 0 aliphatic heterocycles. The maximum atomic E-state index is 13.0. The lowest BCUT2D eigenvalue weighted by molar-refractivity contribution is -0.870. The van der Waals surface area contributed by atoms with Gasteiger partial charge in [-0.1, -0.05) is 303 Å². The molecule has 0 rings (SSSR count). The van der Waals surface area contributed by atoms with Crippen LogP contribution >= 0.6 is 7.82 Å². The molecule has 0 fully saturated rings. The lowest BCUT2D eigenvalue weighted by Crippen LogP contribution is -2.46. The first kappa shape index (κ1) is 67.5. The van der Waals surface area contributed by atoms with Crippen LogP contribution < -0.4 is 5.32 Å². The summed E-state index contributed by atoms with van der Waals surface area (Å²) in [4.78, 5) is 23.4. The van der Waals surface area contributed by atoms with Crippen molar-refractivity contribution < 1.29 is 32.9 Å². The number of hydrogen-bond acceptors (Lipinski definition) is 5. The van der Waals surface area contributed by atoms with Crippen LogP contribution in [0, 0.1) is 0 Å². The van der Waals surface area contributed by atoms with E-state index in [9.17, 15) is 19.4 Å². The lowest BCUT2D eigenvalue weighted by Gasteiger charge is -2.26. The number of aliphatic hydroxyl groups excluding tert-OH is 1. The minimum absolute atomic E-state index is 0.0793. The second kappa shape index (κ2) is 51.4. The van der Waals surface area contributed by atoms with E-state index in [4.69, 9.17) is 9.05 Å². The van der Waals surface area contributed by atoms with Crippen molar-refractivity contribution in [3.05, 3.63) is 0 Å². The second-order valence-electron chi connectivity index (χ2n) is 22.4. The number of nitrogens with one attached hydrogen (secondary N) is 1. The molecule has 3 unspecified atom stereocenters. The van der Waals surface area contributed by atoms with E-state index < -0.39 is 20.0 Å². The monoisotopic (exact) mass is 986 g/mol. The van der Waals surface area contributed by atoms with Gasteiger partial charge in [0, 0.05) is 6.42 Å². The van der Waals surface area contributed by atoms with Crippen molar-refractivity contribution >= 4 is 13.7 Å². The highest BCUT2D eigenvalue weighted by Crippen LogP contribution is 2.43. The summed E-state index contributed by atoms with van der Waals surface area (Å²) in [5.74, 6) is -0.135. The predicted molar refractivity (Wildman–Crippen MR) is 296 cm³/mol. The van der Waals surface area contributed by atoms with Crippen molar-refractivity contribution in [2.24, 2.45) is 0 Å². The molecule has 0 saturated carbocycles. The molecule has 0 bridgehead atoms. The summed E-state index contributed by atoms with van der Waals surface area (Å²) in [5, 5.41) is 14.1. The molecule has 0 spiro atoms. The van der Waals surface area contributed by atoms with Crippen LogP contribution in [0.2, 0.25) is 0 Å².